The summed E-state index contributed by atoms with van der Waals surface area (Å²) >= 11 is 1.05. The number of ether oxygens (including phenoxy) is 3. The Morgan fingerprint density at radius 1 is 1.07 bits per heavy atom. The molecule has 0 atom stereocenters. The van der Waals surface area contributed by atoms with Gasteiger partial charge in [-0.15, -0.1) is 0 Å². The molecular formula is C19H20N3O6S+. The lowest BCUT2D eigenvalue weighted by atomic mass is 10.2. The van der Waals surface area contributed by atoms with Crippen molar-refractivity contribution in [3.8, 4) is 22.9 Å². The summed E-state index contributed by atoms with van der Waals surface area (Å²) in [5.41, 5.74) is 0.563. The summed E-state index contributed by atoms with van der Waals surface area (Å²) in [6.45, 7) is 0. The summed E-state index contributed by atoms with van der Waals surface area (Å²) in [5, 5.41) is 5.53. The molecule has 10 heteroatoms. The molecule has 9 nitrogen and oxygen atoms in total. The standard InChI is InChI=1S/C19H19N3O6S/c1-25-13-6-4-12(5-7-13)22-18(19(24)28-21-22)29-11-17(23)20-15-10-14(26-2)8-9-16(15)27-3/h4-10H,11H2,1-3H3,(H-,20,21,23,24)/p+1. The second-order valence-corrected chi connectivity index (χ2v) is 6.69. The SMILES string of the molecule is COc1ccc(-[n+]2[nH]oc(=O)c2SCC(=O)Nc2cc(OC)ccc2OC)cc1. The van der Waals surface area contributed by atoms with Gasteiger partial charge in [-0.25, -0.2) is 4.79 Å². The molecule has 0 spiro atoms. The number of carbonyl (C=O) groups excluding carboxylic acids is 1. The van der Waals surface area contributed by atoms with E-state index in [2.05, 4.69) is 10.6 Å². The number of nitrogens with one attached hydrogen (secondary N) is 2. The van der Waals surface area contributed by atoms with E-state index in [1.807, 2.05) is 0 Å². The number of methoxy groups -OCH3 is 3. The summed E-state index contributed by atoms with van der Waals surface area (Å²) in [7, 11) is 4.61. The molecule has 2 aromatic carbocycles. The number of hydrogen-bond acceptors (Lipinski definition) is 7. The molecule has 152 valence electrons. The highest BCUT2D eigenvalue weighted by Gasteiger charge is 2.25. The Morgan fingerprint density at radius 3 is 2.41 bits per heavy atom. The van der Waals surface area contributed by atoms with E-state index in [1.165, 1.54) is 18.9 Å². The molecule has 0 fully saturated rings. The number of anilines is 1. The highest BCUT2D eigenvalue weighted by atomic mass is 32.2. The Morgan fingerprint density at radius 2 is 1.76 bits per heavy atom. The van der Waals surface area contributed by atoms with Crippen LogP contribution in [0.2, 0.25) is 0 Å². The van der Waals surface area contributed by atoms with Gasteiger partial charge >= 0.3 is 10.7 Å². The minimum absolute atomic E-state index is 0.0147. The molecule has 3 rings (SSSR count). The van der Waals surface area contributed by atoms with Crippen LogP contribution in [0.4, 0.5) is 5.69 Å². The Bertz CT molecular complexity index is 1040. The van der Waals surface area contributed by atoms with Gasteiger partial charge in [-0.1, -0.05) is 0 Å². The van der Waals surface area contributed by atoms with Crippen LogP contribution in [0.3, 0.4) is 0 Å². The predicted octanol–water partition coefficient (Wildman–Crippen LogP) is 2.00. The average molecular weight is 418 g/mol. The predicted molar refractivity (Wildman–Crippen MR) is 106 cm³/mol. The molecule has 0 unspecified atom stereocenters. The van der Waals surface area contributed by atoms with E-state index in [4.69, 9.17) is 18.7 Å². The van der Waals surface area contributed by atoms with Gasteiger partial charge in [0, 0.05) is 18.2 Å². The maximum absolute atomic E-state index is 12.4. The number of benzene rings is 2. The highest BCUT2D eigenvalue weighted by molar-refractivity contribution is 7.99. The third-order valence-electron chi connectivity index (χ3n) is 3.96. The van der Waals surface area contributed by atoms with Crippen LogP contribution in [0.25, 0.3) is 5.69 Å². The second-order valence-electron chi connectivity index (χ2n) is 5.72. The monoisotopic (exact) mass is 418 g/mol. The van der Waals surface area contributed by atoms with Gasteiger partial charge in [-0.2, -0.15) is 0 Å². The number of nitrogens with zero attached hydrogens (tertiary/aromatic N) is 1. The lowest BCUT2D eigenvalue weighted by molar-refractivity contribution is -0.704. The molecular weight excluding hydrogens is 398 g/mol. The Balaban J connectivity index is 1.73. The van der Waals surface area contributed by atoms with Crippen molar-refractivity contribution in [1.82, 2.24) is 5.27 Å². The van der Waals surface area contributed by atoms with Gasteiger partial charge < -0.3 is 19.5 Å². The average Bonchev–Trinajstić information content (AvgIpc) is 3.12. The second kappa shape index (κ2) is 9.20. The molecule has 3 aromatic rings. The number of carbonyl (C=O) groups is 1. The number of aromatic nitrogens is 2. The van der Waals surface area contributed by atoms with E-state index in [9.17, 15) is 9.59 Å². The van der Waals surface area contributed by atoms with Gasteiger partial charge in [-0.3, -0.25) is 9.32 Å². The minimum atomic E-state index is -0.572. The van der Waals surface area contributed by atoms with Crippen molar-refractivity contribution in [3.05, 3.63) is 52.9 Å². The van der Waals surface area contributed by atoms with Gasteiger partial charge in [0.05, 0.1) is 32.8 Å². The van der Waals surface area contributed by atoms with Crippen molar-refractivity contribution >= 4 is 23.4 Å². The molecule has 0 aliphatic heterocycles. The molecule has 0 radical (unpaired) electrons. The van der Waals surface area contributed by atoms with Crippen molar-refractivity contribution < 1.29 is 28.2 Å². The van der Waals surface area contributed by atoms with E-state index in [-0.39, 0.29) is 16.7 Å². The number of rotatable bonds is 8. The summed E-state index contributed by atoms with van der Waals surface area (Å²) in [4.78, 5) is 24.5. The van der Waals surface area contributed by atoms with Crippen LogP contribution < -0.4 is 29.8 Å². The van der Waals surface area contributed by atoms with Crippen LogP contribution >= 0.6 is 11.8 Å². The minimum Gasteiger partial charge on any atom is -0.497 e. The third-order valence-corrected chi connectivity index (χ3v) is 4.99. The van der Waals surface area contributed by atoms with Gasteiger partial charge in [0.2, 0.25) is 11.6 Å². The van der Waals surface area contributed by atoms with Gasteiger partial charge in [-0.05, 0) is 46.0 Å². The van der Waals surface area contributed by atoms with Crippen LogP contribution in [-0.4, -0.2) is 38.3 Å². The summed E-state index contributed by atoms with van der Waals surface area (Å²) < 4.78 is 21.9. The van der Waals surface area contributed by atoms with Crippen LogP contribution in [0.5, 0.6) is 17.2 Å². The topological polar surface area (TPSA) is 107 Å². The van der Waals surface area contributed by atoms with E-state index in [1.54, 1.807) is 49.6 Å². The lowest BCUT2D eigenvalue weighted by Crippen LogP contribution is -2.36. The van der Waals surface area contributed by atoms with E-state index >= 15 is 0 Å². The van der Waals surface area contributed by atoms with Crippen molar-refractivity contribution in [2.75, 3.05) is 32.4 Å². The molecule has 1 aromatic heterocycles. The normalized spacial score (nSPS) is 10.4. The smallest absolute Gasteiger partial charge is 0.442 e. The quantitative estimate of drug-likeness (QED) is 0.426. The first kappa shape index (κ1) is 20.3. The number of amides is 1. The lowest BCUT2D eigenvalue weighted by Gasteiger charge is -2.11. The van der Waals surface area contributed by atoms with Crippen LogP contribution in [0.1, 0.15) is 0 Å². The molecule has 2 N–H and O–H groups in total. The van der Waals surface area contributed by atoms with E-state index in [0.717, 1.165) is 11.8 Å². The van der Waals surface area contributed by atoms with Crippen molar-refractivity contribution in [2.45, 2.75) is 5.03 Å². The van der Waals surface area contributed by atoms with Crippen LogP contribution in [0, 0.1) is 0 Å². The molecule has 1 heterocycles. The zero-order valence-corrected chi connectivity index (χ0v) is 16.9. The van der Waals surface area contributed by atoms with Crippen LogP contribution in [0.15, 0.2) is 56.8 Å². The number of aromatic amines is 1. The Hall–Kier alpha value is -3.40. The van der Waals surface area contributed by atoms with Crippen molar-refractivity contribution in [1.29, 1.82) is 0 Å². The van der Waals surface area contributed by atoms with Crippen molar-refractivity contribution in [3.63, 3.8) is 0 Å². The first-order valence-corrected chi connectivity index (χ1v) is 9.47. The van der Waals surface area contributed by atoms with Gasteiger partial charge in [0.25, 0.3) is 0 Å². The maximum atomic E-state index is 12.4. The molecule has 0 bridgehead atoms. The van der Waals surface area contributed by atoms with Crippen molar-refractivity contribution in [2.24, 2.45) is 0 Å². The number of hydrogen-bond donors (Lipinski definition) is 2. The maximum Gasteiger partial charge on any atom is 0.442 e. The van der Waals surface area contributed by atoms with Crippen LogP contribution in [-0.2, 0) is 4.79 Å². The zero-order chi connectivity index (χ0) is 20.8. The molecule has 1 amide bonds. The van der Waals surface area contributed by atoms with E-state index < -0.39 is 5.63 Å². The fourth-order valence-electron chi connectivity index (χ4n) is 2.52. The molecule has 0 aliphatic rings. The van der Waals surface area contributed by atoms with Gasteiger partial charge in [0.15, 0.2) is 0 Å². The summed E-state index contributed by atoms with van der Waals surface area (Å²) in [5.74, 6) is 1.43. The van der Waals surface area contributed by atoms with E-state index in [0.29, 0.717) is 28.6 Å². The highest BCUT2D eigenvalue weighted by Crippen LogP contribution is 2.29. The summed E-state index contributed by atoms with van der Waals surface area (Å²) in [6, 6.07) is 12.1. The Labute approximate surface area is 170 Å². The number of thioether (sulfide) groups is 1. The first-order valence-electron chi connectivity index (χ1n) is 8.48. The Kier molecular flexibility index (Phi) is 6.45. The largest absolute Gasteiger partial charge is 0.497 e. The molecule has 0 saturated carbocycles. The zero-order valence-electron chi connectivity index (χ0n) is 16.1. The third kappa shape index (κ3) is 4.72. The van der Waals surface area contributed by atoms with Gasteiger partial charge in [0.1, 0.15) is 17.2 Å². The molecule has 0 saturated heterocycles. The fraction of sp³-hybridized carbons (Fsp3) is 0.211. The molecule has 0 aliphatic carbocycles. The number of H-pyrrole nitrogens is 1. The first-order chi connectivity index (χ1) is 14.0. The fourth-order valence-corrected chi connectivity index (χ4v) is 3.29. The summed E-state index contributed by atoms with van der Waals surface area (Å²) in [6.07, 6.45) is 0. The molecule has 29 heavy (non-hydrogen) atoms.